The normalized spacial score (nSPS) is 13.0. The molecule has 3 aromatic rings. The minimum atomic E-state index is -0.248. The van der Waals surface area contributed by atoms with E-state index in [1.54, 1.807) is 12.3 Å². The van der Waals surface area contributed by atoms with Gasteiger partial charge in [0.2, 0.25) is 5.91 Å². The van der Waals surface area contributed by atoms with Gasteiger partial charge < -0.3 is 10.2 Å². The standard InChI is InChI=1S/C22H23N5O2/c28-20(9-7-19-8-10-21(29)26-25-19)24-14-17-6-3-12-23-22(17)27-13-11-16-4-1-2-5-18(16)15-27/h1-6,8,10,12H,7,9,11,13-15H2,(H,24,28)(H,26,29). The molecule has 0 radical (unpaired) electrons. The summed E-state index contributed by atoms with van der Waals surface area (Å²) in [6.45, 7) is 2.16. The highest BCUT2D eigenvalue weighted by Gasteiger charge is 2.19. The van der Waals surface area contributed by atoms with Gasteiger partial charge in [-0.1, -0.05) is 30.3 Å². The van der Waals surface area contributed by atoms with Gasteiger partial charge in [-0.15, -0.1) is 0 Å². The van der Waals surface area contributed by atoms with Crippen LogP contribution in [0.25, 0.3) is 0 Å². The third-order valence-corrected chi connectivity index (χ3v) is 5.12. The molecule has 7 heteroatoms. The number of nitrogens with one attached hydrogen (secondary N) is 2. The molecule has 1 aliphatic heterocycles. The number of aryl methyl sites for hydroxylation is 1. The maximum atomic E-state index is 12.3. The van der Waals surface area contributed by atoms with Crippen molar-refractivity contribution in [3.63, 3.8) is 0 Å². The van der Waals surface area contributed by atoms with Crippen LogP contribution in [0.15, 0.2) is 59.5 Å². The van der Waals surface area contributed by atoms with Gasteiger partial charge in [-0.3, -0.25) is 9.59 Å². The van der Waals surface area contributed by atoms with Crippen molar-refractivity contribution in [3.05, 3.63) is 87.5 Å². The summed E-state index contributed by atoms with van der Waals surface area (Å²) >= 11 is 0. The fourth-order valence-electron chi connectivity index (χ4n) is 3.57. The molecule has 2 N–H and O–H groups in total. The van der Waals surface area contributed by atoms with Gasteiger partial charge in [0.05, 0.1) is 5.69 Å². The Morgan fingerprint density at radius 3 is 2.79 bits per heavy atom. The first-order valence-corrected chi connectivity index (χ1v) is 9.76. The zero-order chi connectivity index (χ0) is 20.1. The molecule has 1 aliphatic rings. The van der Waals surface area contributed by atoms with Crippen molar-refractivity contribution in [1.82, 2.24) is 20.5 Å². The molecule has 0 spiro atoms. The van der Waals surface area contributed by atoms with Gasteiger partial charge in [0, 0.05) is 50.3 Å². The second-order valence-electron chi connectivity index (χ2n) is 7.12. The number of hydrogen-bond acceptors (Lipinski definition) is 5. The van der Waals surface area contributed by atoms with Crippen LogP contribution in [0.2, 0.25) is 0 Å². The van der Waals surface area contributed by atoms with Crippen LogP contribution < -0.4 is 15.8 Å². The number of benzene rings is 1. The predicted octanol–water partition coefficient (Wildman–Crippen LogP) is 1.98. The second kappa shape index (κ2) is 8.68. The Kier molecular flexibility index (Phi) is 5.65. The summed E-state index contributed by atoms with van der Waals surface area (Å²) in [6.07, 6.45) is 3.57. The average Bonchev–Trinajstić information content (AvgIpc) is 2.77. The van der Waals surface area contributed by atoms with Gasteiger partial charge in [0.1, 0.15) is 5.82 Å². The SMILES string of the molecule is O=C(CCc1ccc(=O)[nH]n1)NCc1cccnc1N1CCc2ccccc2C1. The van der Waals surface area contributed by atoms with E-state index in [4.69, 9.17) is 0 Å². The molecule has 4 rings (SSSR count). The fraction of sp³-hybridized carbons (Fsp3) is 0.273. The van der Waals surface area contributed by atoms with Crippen LogP contribution in [-0.2, 0) is 30.7 Å². The zero-order valence-corrected chi connectivity index (χ0v) is 16.1. The Bertz CT molecular complexity index is 1040. The smallest absolute Gasteiger partial charge is 0.264 e. The molecule has 29 heavy (non-hydrogen) atoms. The lowest BCUT2D eigenvalue weighted by Crippen LogP contribution is -2.32. The average molecular weight is 389 g/mol. The largest absolute Gasteiger partial charge is 0.352 e. The number of nitrogens with zero attached hydrogens (tertiary/aromatic N) is 3. The lowest BCUT2D eigenvalue weighted by atomic mass is 9.99. The summed E-state index contributed by atoms with van der Waals surface area (Å²) < 4.78 is 0. The molecule has 0 atom stereocenters. The third-order valence-electron chi connectivity index (χ3n) is 5.12. The number of amides is 1. The number of carbonyl (C=O) groups is 1. The Morgan fingerprint density at radius 1 is 1.10 bits per heavy atom. The van der Waals surface area contributed by atoms with Crippen LogP contribution in [-0.4, -0.2) is 27.6 Å². The molecule has 0 aliphatic carbocycles. The van der Waals surface area contributed by atoms with Crippen molar-refractivity contribution in [3.8, 4) is 0 Å². The van der Waals surface area contributed by atoms with Crippen molar-refractivity contribution in [1.29, 1.82) is 0 Å². The number of aromatic amines is 1. The summed E-state index contributed by atoms with van der Waals surface area (Å²) in [4.78, 5) is 30.2. The maximum absolute atomic E-state index is 12.3. The molecule has 0 saturated carbocycles. The zero-order valence-electron chi connectivity index (χ0n) is 16.1. The highest BCUT2D eigenvalue weighted by Crippen LogP contribution is 2.25. The van der Waals surface area contributed by atoms with E-state index in [2.05, 4.69) is 49.7 Å². The summed E-state index contributed by atoms with van der Waals surface area (Å²) in [5, 5.41) is 9.28. The Labute approximate surface area is 168 Å². The van der Waals surface area contributed by atoms with E-state index in [0.29, 0.717) is 25.1 Å². The quantitative estimate of drug-likeness (QED) is 0.673. The molecule has 2 aromatic heterocycles. The van der Waals surface area contributed by atoms with Crippen LogP contribution in [0.4, 0.5) is 5.82 Å². The number of fused-ring (bicyclic) bond motifs is 1. The topological polar surface area (TPSA) is 91.0 Å². The highest BCUT2D eigenvalue weighted by molar-refractivity contribution is 5.76. The summed E-state index contributed by atoms with van der Waals surface area (Å²) in [5.74, 6) is 0.862. The van der Waals surface area contributed by atoms with Gasteiger partial charge in [0.15, 0.2) is 0 Å². The molecule has 7 nitrogen and oxygen atoms in total. The van der Waals surface area contributed by atoms with Gasteiger partial charge in [-0.05, 0) is 29.7 Å². The first-order valence-electron chi connectivity index (χ1n) is 9.76. The minimum Gasteiger partial charge on any atom is -0.352 e. The van der Waals surface area contributed by atoms with Gasteiger partial charge in [-0.25, -0.2) is 10.1 Å². The monoisotopic (exact) mass is 389 g/mol. The minimum absolute atomic E-state index is 0.0585. The van der Waals surface area contributed by atoms with Crippen molar-refractivity contribution < 1.29 is 4.79 Å². The van der Waals surface area contributed by atoms with Crippen LogP contribution >= 0.6 is 0 Å². The van der Waals surface area contributed by atoms with Gasteiger partial charge >= 0.3 is 0 Å². The number of pyridine rings is 1. The number of aromatic nitrogens is 3. The molecule has 3 heterocycles. The van der Waals surface area contributed by atoms with Gasteiger partial charge in [0.25, 0.3) is 5.56 Å². The lowest BCUT2D eigenvalue weighted by Gasteiger charge is -2.31. The second-order valence-corrected chi connectivity index (χ2v) is 7.12. The maximum Gasteiger partial charge on any atom is 0.264 e. The fourth-order valence-corrected chi connectivity index (χ4v) is 3.57. The van der Waals surface area contributed by atoms with Crippen molar-refractivity contribution in [2.24, 2.45) is 0 Å². The molecule has 0 bridgehead atoms. The molecule has 1 aromatic carbocycles. The van der Waals surface area contributed by atoms with Crippen molar-refractivity contribution >= 4 is 11.7 Å². The van der Waals surface area contributed by atoms with Crippen molar-refractivity contribution in [2.75, 3.05) is 11.4 Å². The number of H-pyrrole nitrogens is 1. The number of anilines is 1. The van der Waals surface area contributed by atoms with E-state index in [1.807, 2.05) is 12.1 Å². The van der Waals surface area contributed by atoms with E-state index < -0.39 is 0 Å². The van der Waals surface area contributed by atoms with E-state index in [1.165, 1.54) is 17.2 Å². The number of rotatable bonds is 6. The van der Waals surface area contributed by atoms with Crippen molar-refractivity contribution in [2.45, 2.75) is 32.4 Å². The Morgan fingerprint density at radius 2 is 1.97 bits per heavy atom. The lowest BCUT2D eigenvalue weighted by molar-refractivity contribution is -0.121. The molecular formula is C22H23N5O2. The van der Waals surface area contributed by atoms with Gasteiger partial charge in [-0.2, -0.15) is 5.10 Å². The predicted molar refractivity (Wildman–Crippen MR) is 110 cm³/mol. The van der Waals surface area contributed by atoms with Crippen LogP contribution in [0.1, 0.15) is 28.8 Å². The molecule has 148 valence electrons. The molecule has 1 amide bonds. The van der Waals surface area contributed by atoms with E-state index in [-0.39, 0.29) is 11.5 Å². The first kappa shape index (κ1) is 18.9. The highest BCUT2D eigenvalue weighted by atomic mass is 16.1. The van der Waals surface area contributed by atoms with E-state index in [9.17, 15) is 9.59 Å². The van der Waals surface area contributed by atoms with Crippen LogP contribution in [0.3, 0.4) is 0 Å². The van der Waals surface area contributed by atoms with Crippen LogP contribution in [0.5, 0.6) is 0 Å². The third kappa shape index (κ3) is 4.68. The first-order chi connectivity index (χ1) is 14.2. The number of hydrogen-bond donors (Lipinski definition) is 2. The Hall–Kier alpha value is -3.48. The van der Waals surface area contributed by atoms with E-state index >= 15 is 0 Å². The summed E-state index contributed by atoms with van der Waals surface area (Å²) in [7, 11) is 0. The summed E-state index contributed by atoms with van der Waals surface area (Å²) in [6, 6.07) is 15.5. The molecule has 0 saturated heterocycles. The molecule has 0 unspecified atom stereocenters. The van der Waals surface area contributed by atoms with E-state index in [0.717, 1.165) is 30.9 Å². The molecule has 0 fully saturated rings. The Balaban J connectivity index is 1.37. The molecular weight excluding hydrogens is 366 g/mol. The number of carbonyl (C=O) groups excluding carboxylic acids is 1. The van der Waals surface area contributed by atoms with Crippen LogP contribution in [0, 0.1) is 0 Å². The summed E-state index contributed by atoms with van der Waals surface area (Å²) in [5.41, 5.74) is 4.16.